The Kier molecular flexibility index (Phi) is 10.3. The van der Waals surface area contributed by atoms with Crippen molar-refractivity contribution in [3.63, 3.8) is 0 Å². The van der Waals surface area contributed by atoms with Gasteiger partial charge in [-0.3, -0.25) is 0 Å². The van der Waals surface area contributed by atoms with Crippen molar-refractivity contribution in [3.05, 3.63) is 0 Å². The van der Waals surface area contributed by atoms with Gasteiger partial charge < -0.3 is 14.2 Å². The predicted molar refractivity (Wildman–Crippen MR) is 62.2 cm³/mol. The SMILES string of the molecule is CCC(C)COCCOCCOC(C)C. The van der Waals surface area contributed by atoms with Crippen LogP contribution in [-0.2, 0) is 14.2 Å². The highest BCUT2D eigenvalue weighted by atomic mass is 16.5. The van der Waals surface area contributed by atoms with Crippen LogP contribution in [0.1, 0.15) is 34.1 Å². The summed E-state index contributed by atoms with van der Waals surface area (Å²) in [6, 6.07) is 0. The Hall–Kier alpha value is -0.120. The van der Waals surface area contributed by atoms with E-state index in [1.165, 1.54) is 6.42 Å². The molecule has 0 saturated carbocycles. The second kappa shape index (κ2) is 10.4. The molecule has 0 aromatic rings. The molecule has 92 valence electrons. The maximum Gasteiger partial charge on any atom is 0.0703 e. The van der Waals surface area contributed by atoms with Gasteiger partial charge in [-0.05, 0) is 19.8 Å². The Morgan fingerprint density at radius 1 is 0.867 bits per heavy atom. The first kappa shape index (κ1) is 14.9. The fourth-order valence-corrected chi connectivity index (χ4v) is 0.965. The van der Waals surface area contributed by atoms with Crippen LogP contribution in [0.15, 0.2) is 0 Å². The normalized spacial score (nSPS) is 13.4. The second-order valence-electron chi connectivity index (χ2n) is 4.12. The molecule has 0 spiro atoms. The molecule has 0 aliphatic rings. The minimum atomic E-state index is 0.287. The van der Waals surface area contributed by atoms with Crippen LogP contribution in [0, 0.1) is 5.92 Å². The Morgan fingerprint density at radius 2 is 1.47 bits per heavy atom. The van der Waals surface area contributed by atoms with Crippen molar-refractivity contribution in [2.75, 3.05) is 33.0 Å². The molecule has 0 radical (unpaired) electrons. The van der Waals surface area contributed by atoms with Crippen LogP contribution in [0.4, 0.5) is 0 Å². The standard InChI is InChI=1S/C12H26O3/c1-5-12(4)10-14-7-6-13-8-9-15-11(2)3/h11-12H,5-10H2,1-4H3. The van der Waals surface area contributed by atoms with E-state index < -0.39 is 0 Å². The van der Waals surface area contributed by atoms with Gasteiger partial charge in [-0.2, -0.15) is 0 Å². The van der Waals surface area contributed by atoms with E-state index in [4.69, 9.17) is 14.2 Å². The van der Waals surface area contributed by atoms with E-state index in [-0.39, 0.29) is 6.10 Å². The number of hydrogen-bond donors (Lipinski definition) is 0. The summed E-state index contributed by atoms with van der Waals surface area (Å²) in [6.45, 7) is 11.9. The Morgan fingerprint density at radius 3 is 2.07 bits per heavy atom. The third-order valence-corrected chi connectivity index (χ3v) is 2.15. The molecule has 0 heterocycles. The number of hydrogen-bond acceptors (Lipinski definition) is 3. The number of ether oxygens (including phenoxy) is 3. The third kappa shape index (κ3) is 11.8. The lowest BCUT2D eigenvalue weighted by Crippen LogP contribution is -2.13. The van der Waals surface area contributed by atoms with Gasteiger partial charge in [0.2, 0.25) is 0 Å². The highest BCUT2D eigenvalue weighted by Gasteiger charge is 1.98. The zero-order valence-corrected chi connectivity index (χ0v) is 10.6. The van der Waals surface area contributed by atoms with E-state index in [1.54, 1.807) is 0 Å². The summed E-state index contributed by atoms with van der Waals surface area (Å²) >= 11 is 0. The van der Waals surface area contributed by atoms with E-state index >= 15 is 0 Å². The maximum atomic E-state index is 5.45. The van der Waals surface area contributed by atoms with Crippen LogP contribution >= 0.6 is 0 Å². The highest BCUT2D eigenvalue weighted by molar-refractivity contribution is 4.45. The predicted octanol–water partition coefficient (Wildman–Crippen LogP) is 2.49. The lowest BCUT2D eigenvalue weighted by atomic mass is 10.1. The van der Waals surface area contributed by atoms with Gasteiger partial charge in [-0.15, -0.1) is 0 Å². The smallest absolute Gasteiger partial charge is 0.0703 e. The molecule has 0 bridgehead atoms. The van der Waals surface area contributed by atoms with Gasteiger partial charge in [0, 0.05) is 6.61 Å². The zero-order chi connectivity index (χ0) is 11.5. The van der Waals surface area contributed by atoms with Crippen LogP contribution in [0.5, 0.6) is 0 Å². The molecule has 1 unspecified atom stereocenters. The largest absolute Gasteiger partial charge is 0.379 e. The molecule has 0 amide bonds. The molecule has 0 rings (SSSR count). The van der Waals surface area contributed by atoms with E-state index in [0.29, 0.717) is 32.3 Å². The number of rotatable bonds is 10. The summed E-state index contributed by atoms with van der Waals surface area (Å²) < 4.78 is 16.1. The first-order valence-corrected chi connectivity index (χ1v) is 5.93. The lowest BCUT2D eigenvalue weighted by Gasteiger charge is -2.10. The molecule has 0 N–H and O–H groups in total. The molecule has 3 heteroatoms. The van der Waals surface area contributed by atoms with Gasteiger partial charge in [-0.1, -0.05) is 20.3 Å². The minimum Gasteiger partial charge on any atom is -0.379 e. The maximum absolute atomic E-state index is 5.45. The topological polar surface area (TPSA) is 27.7 Å². The second-order valence-corrected chi connectivity index (χ2v) is 4.12. The molecule has 3 nitrogen and oxygen atoms in total. The molecule has 0 aliphatic heterocycles. The zero-order valence-electron chi connectivity index (χ0n) is 10.6. The van der Waals surface area contributed by atoms with Crippen LogP contribution < -0.4 is 0 Å². The van der Waals surface area contributed by atoms with E-state index in [2.05, 4.69) is 13.8 Å². The van der Waals surface area contributed by atoms with Crippen molar-refractivity contribution in [1.82, 2.24) is 0 Å². The van der Waals surface area contributed by atoms with Crippen molar-refractivity contribution in [3.8, 4) is 0 Å². The fourth-order valence-electron chi connectivity index (χ4n) is 0.965. The van der Waals surface area contributed by atoms with E-state index in [1.807, 2.05) is 13.8 Å². The average Bonchev–Trinajstić information content (AvgIpc) is 2.21. The van der Waals surface area contributed by atoms with Gasteiger partial charge in [-0.25, -0.2) is 0 Å². The monoisotopic (exact) mass is 218 g/mol. The van der Waals surface area contributed by atoms with Crippen molar-refractivity contribution >= 4 is 0 Å². The fraction of sp³-hybridized carbons (Fsp3) is 1.00. The van der Waals surface area contributed by atoms with Crippen LogP contribution in [-0.4, -0.2) is 39.1 Å². The van der Waals surface area contributed by atoms with E-state index in [0.717, 1.165) is 6.61 Å². The Labute approximate surface area is 94.1 Å². The van der Waals surface area contributed by atoms with Gasteiger partial charge in [0.1, 0.15) is 0 Å². The van der Waals surface area contributed by atoms with Crippen molar-refractivity contribution in [2.45, 2.75) is 40.2 Å². The van der Waals surface area contributed by atoms with Crippen LogP contribution in [0.25, 0.3) is 0 Å². The van der Waals surface area contributed by atoms with Crippen molar-refractivity contribution in [1.29, 1.82) is 0 Å². The molecule has 0 saturated heterocycles. The first-order valence-electron chi connectivity index (χ1n) is 5.93. The highest BCUT2D eigenvalue weighted by Crippen LogP contribution is 1.99. The molecule has 0 fully saturated rings. The molecule has 0 aromatic heterocycles. The van der Waals surface area contributed by atoms with Crippen molar-refractivity contribution in [2.24, 2.45) is 5.92 Å². The van der Waals surface area contributed by atoms with Crippen molar-refractivity contribution < 1.29 is 14.2 Å². The van der Waals surface area contributed by atoms with Crippen LogP contribution in [0.2, 0.25) is 0 Å². The quantitative estimate of drug-likeness (QED) is 0.527. The third-order valence-electron chi connectivity index (χ3n) is 2.15. The molecular formula is C12H26O3. The Balaban J connectivity index is 2.99. The van der Waals surface area contributed by atoms with Gasteiger partial charge in [0.25, 0.3) is 0 Å². The molecule has 1 atom stereocenters. The summed E-state index contributed by atoms with van der Waals surface area (Å²) in [4.78, 5) is 0. The Bertz CT molecular complexity index is 126. The first-order chi connectivity index (χ1) is 7.16. The minimum absolute atomic E-state index is 0.287. The summed E-state index contributed by atoms with van der Waals surface area (Å²) in [7, 11) is 0. The summed E-state index contributed by atoms with van der Waals surface area (Å²) in [6.07, 6.45) is 1.46. The summed E-state index contributed by atoms with van der Waals surface area (Å²) in [5, 5.41) is 0. The van der Waals surface area contributed by atoms with E-state index in [9.17, 15) is 0 Å². The van der Waals surface area contributed by atoms with Gasteiger partial charge in [0.05, 0.1) is 32.5 Å². The van der Waals surface area contributed by atoms with Gasteiger partial charge in [0.15, 0.2) is 0 Å². The summed E-state index contributed by atoms with van der Waals surface area (Å²) in [5.41, 5.74) is 0. The van der Waals surface area contributed by atoms with Crippen LogP contribution in [0.3, 0.4) is 0 Å². The molecular weight excluding hydrogens is 192 g/mol. The molecule has 15 heavy (non-hydrogen) atoms. The summed E-state index contributed by atoms with van der Waals surface area (Å²) in [5.74, 6) is 0.647. The molecule has 0 aliphatic carbocycles. The van der Waals surface area contributed by atoms with Gasteiger partial charge >= 0.3 is 0 Å². The molecule has 0 aromatic carbocycles. The lowest BCUT2D eigenvalue weighted by molar-refractivity contribution is -0.00552. The average molecular weight is 218 g/mol.